The summed E-state index contributed by atoms with van der Waals surface area (Å²) in [5.74, 6) is 0.640. The van der Waals surface area contributed by atoms with E-state index in [1.165, 1.54) is 11.3 Å². The van der Waals surface area contributed by atoms with Crippen LogP contribution in [-0.4, -0.2) is 24.3 Å². The number of aromatic nitrogens is 1. The SMILES string of the molecule is CCOC(=O)C1=C(c2ccccc2)N=c2s/c(=C\c3cc(Cl)c(OCc4cccc5ccccc45)c(OC)c3)c(=O)n2[C@@H]1c1ccc(C(C)C)cc1. The maximum atomic E-state index is 14.4. The van der Waals surface area contributed by atoms with Gasteiger partial charge < -0.3 is 14.2 Å². The largest absolute Gasteiger partial charge is 0.493 e. The Morgan fingerprint density at radius 3 is 2.42 bits per heavy atom. The Hall–Kier alpha value is -5.44. The van der Waals surface area contributed by atoms with E-state index in [2.05, 4.69) is 32.0 Å². The molecular formula is C43H37ClN2O5S. The molecule has 262 valence electrons. The van der Waals surface area contributed by atoms with Gasteiger partial charge in [-0.05, 0) is 64.1 Å². The maximum absolute atomic E-state index is 14.4. The minimum Gasteiger partial charge on any atom is -0.493 e. The van der Waals surface area contributed by atoms with Crippen LogP contribution in [0.5, 0.6) is 11.5 Å². The summed E-state index contributed by atoms with van der Waals surface area (Å²) in [5.41, 5.74) is 4.84. The van der Waals surface area contributed by atoms with E-state index < -0.39 is 12.0 Å². The number of methoxy groups -OCH3 is 1. The van der Waals surface area contributed by atoms with E-state index in [4.69, 9.17) is 30.8 Å². The molecule has 7 rings (SSSR count). The molecule has 9 heteroatoms. The molecule has 1 atom stereocenters. The summed E-state index contributed by atoms with van der Waals surface area (Å²) in [4.78, 5) is 33.7. The molecule has 7 nitrogen and oxygen atoms in total. The van der Waals surface area contributed by atoms with E-state index in [0.717, 1.165) is 33.0 Å². The van der Waals surface area contributed by atoms with Crippen LogP contribution < -0.4 is 24.4 Å². The number of carbonyl (C=O) groups is 1. The molecule has 6 aromatic rings. The smallest absolute Gasteiger partial charge is 0.338 e. The average molecular weight is 729 g/mol. The van der Waals surface area contributed by atoms with Crippen molar-refractivity contribution in [1.29, 1.82) is 0 Å². The monoisotopic (exact) mass is 728 g/mol. The first kappa shape index (κ1) is 35.0. The summed E-state index contributed by atoms with van der Waals surface area (Å²) in [5, 5.41) is 2.57. The Bertz CT molecular complexity index is 2500. The highest BCUT2D eigenvalue weighted by Gasteiger charge is 2.35. The standard InChI is InChI=1S/C43H37ClN2O5S/c1-5-50-42(48)37-38(30-13-7-6-8-14-30)45-43-46(39(37)31-20-18-28(19-21-31)26(2)3)41(47)36(52-43)24-27-22-34(44)40(35(23-27)49-4)51-25-32-16-11-15-29-12-9-10-17-33(29)32/h6-24,26,39H,5,25H2,1-4H3/b36-24-/t39-/m1/s1. The lowest BCUT2D eigenvalue weighted by molar-refractivity contribution is -0.138. The number of thiazole rings is 1. The molecule has 52 heavy (non-hydrogen) atoms. The van der Waals surface area contributed by atoms with Crippen LogP contribution in [0.2, 0.25) is 5.02 Å². The first-order valence-electron chi connectivity index (χ1n) is 17.1. The molecule has 0 saturated heterocycles. The van der Waals surface area contributed by atoms with Crippen molar-refractivity contribution in [2.75, 3.05) is 13.7 Å². The third kappa shape index (κ3) is 6.79. The van der Waals surface area contributed by atoms with Gasteiger partial charge in [0.2, 0.25) is 0 Å². The molecule has 1 aromatic heterocycles. The third-order valence-electron chi connectivity index (χ3n) is 9.09. The van der Waals surface area contributed by atoms with E-state index in [1.807, 2.05) is 78.9 Å². The molecule has 0 aliphatic carbocycles. The van der Waals surface area contributed by atoms with Crippen LogP contribution in [0.15, 0.2) is 125 Å². The highest BCUT2D eigenvalue weighted by molar-refractivity contribution is 7.07. The van der Waals surface area contributed by atoms with Gasteiger partial charge in [0.25, 0.3) is 5.56 Å². The molecule has 0 saturated carbocycles. The van der Waals surface area contributed by atoms with Crippen LogP contribution in [0.25, 0.3) is 22.5 Å². The Labute approximate surface area is 310 Å². The number of hydrogen-bond donors (Lipinski definition) is 0. The third-order valence-corrected chi connectivity index (χ3v) is 10.4. The number of nitrogens with zero attached hydrogens (tertiary/aromatic N) is 2. The summed E-state index contributed by atoms with van der Waals surface area (Å²) in [6, 6.07) is 34.6. The van der Waals surface area contributed by atoms with Gasteiger partial charge in [0.05, 0.1) is 40.6 Å². The number of hydrogen-bond acceptors (Lipinski definition) is 7. The van der Waals surface area contributed by atoms with Crippen molar-refractivity contribution in [3.8, 4) is 11.5 Å². The number of carbonyl (C=O) groups excluding carboxylic acids is 1. The number of benzene rings is 5. The second-order valence-corrected chi connectivity index (χ2v) is 14.1. The normalized spacial score (nSPS) is 14.3. The zero-order valence-electron chi connectivity index (χ0n) is 29.3. The zero-order valence-corrected chi connectivity index (χ0v) is 30.8. The first-order chi connectivity index (χ1) is 25.3. The van der Waals surface area contributed by atoms with Gasteiger partial charge in [-0.3, -0.25) is 9.36 Å². The van der Waals surface area contributed by atoms with Gasteiger partial charge in [-0.1, -0.05) is 134 Å². The Balaban J connectivity index is 1.34. The lowest BCUT2D eigenvalue weighted by Crippen LogP contribution is -2.40. The lowest BCUT2D eigenvalue weighted by atomic mass is 9.91. The van der Waals surface area contributed by atoms with Crippen LogP contribution in [-0.2, 0) is 16.1 Å². The topological polar surface area (TPSA) is 79.1 Å². The Morgan fingerprint density at radius 2 is 1.69 bits per heavy atom. The fourth-order valence-electron chi connectivity index (χ4n) is 6.50. The van der Waals surface area contributed by atoms with Gasteiger partial charge in [-0.2, -0.15) is 0 Å². The fourth-order valence-corrected chi connectivity index (χ4v) is 7.78. The highest BCUT2D eigenvalue weighted by Crippen LogP contribution is 2.38. The zero-order chi connectivity index (χ0) is 36.4. The number of ether oxygens (including phenoxy) is 3. The van der Waals surface area contributed by atoms with Crippen LogP contribution in [0.4, 0.5) is 0 Å². The predicted molar refractivity (Wildman–Crippen MR) is 208 cm³/mol. The van der Waals surface area contributed by atoms with Crippen LogP contribution in [0.3, 0.4) is 0 Å². The van der Waals surface area contributed by atoms with Gasteiger partial charge in [0.1, 0.15) is 6.61 Å². The molecule has 1 aliphatic rings. The molecule has 0 fully saturated rings. The van der Waals surface area contributed by atoms with E-state index >= 15 is 0 Å². The second kappa shape index (κ2) is 15.0. The van der Waals surface area contributed by atoms with E-state index in [1.54, 1.807) is 36.8 Å². The molecule has 0 amide bonds. The second-order valence-electron chi connectivity index (χ2n) is 12.7. The predicted octanol–water partition coefficient (Wildman–Crippen LogP) is 8.45. The number of halogens is 1. The molecular weight excluding hydrogens is 692 g/mol. The van der Waals surface area contributed by atoms with Crippen molar-refractivity contribution >= 4 is 51.5 Å². The summed E-state index contributed by atoms with van der Waals surface area (Å²) in [7, 11) is 1.56. The Morgan fingerprint density at radius 1 is 0.962 bits per heavy atom. The van der Waals surface area contributed by atoms with Crippen molar-refractivity contribution in [3.05, 3.63) is 167 Å². The minimum absolute atomic E-state index is 0.179. The van der Waals surface area contributed by atoms with Crippen LogP contribution in [0.1, 0.15) is 60.5 Å². The van der Waals surface area contributed by atoms with Gasteiger partial charge in [0, 0.05) is 5.56 Å². The molecule has 0 radical (unpaired) electrons. The van der Waals surface area contributed by atoms with Crippen LogP contribution >= 0.6 is 22.9 Å². The molecule has 0 bridgehead atoms. The lowest BCUT2D eigenvalue weighted by Gasteiger charge is -2.26. The molecule has 5 aromatic carbocycles. The van der Waals surface area contributed by atoms with E-state index in [-0.39, 0.29) is 12.2 Å². The fraction of sp³-hybridized carbons (Fsp3) is 0.186. The van der Waals surface area contributed by atoms with Crippen molar-refractivity contribution in [2.45, 2.75) is 39.3 Å². The maximum Gasteiger partial charge on any atom is 0.338 e. The molecule has 1 aliphatic heterocycles. The van der Waals surface area contributed by atoms with Crippen LogP contribution in [0, 0.1) is 0 Å². The van der Waals surface area contributed by atoms with Gasteiger partial charge in [-0.15, -0.1) is 0 Å². The van der Waals surface area contributed by atoms with Crippen molar-refractivity contribution < 1.29 is 19.0 Å². The molecule has 2 heterocycles. The molecule has 0 N–H and O–H groups in total. The van der Waals surface area contributed by atoms with E-state index in [0.29, 0.717) is 55.2 Å². The average Bonchev–Trinajstić information content (AvgIpc) is 3.47. The Kier molecular flexibility index (Phi) is 10.1. The van der Waals surface area contributed by atoms with Gasteiger partial charge in [0.15, 0.2) is 16.3 Å². The van der Waals surface area contributed by atoms with Crippen molar-refractivity contribution in [3.63, 3.8) is 0 Å². The van der Waals surface area contributed by atoms with Crippen molar-refractivity contribution in [2.24, 2.45) is 4.99 Å². The molecule has 0 unspecified atom stereocenters. The quantitative estimate of drug-likeness (QED) is 0.132. The van der Waals surface area contributed by atoms with E-state index in [9.17, 15) is 9.59 Å². The first-order valence-corrected chi connectivity index (χ1v) is 18.3. The number of fused-ring (bicyclic) bond motifs is 2. The van der Waals surface area contributed by atoms with Gasteiger partial charge in [-0.25, -0.2) is 9.79 Å². The molecule has 0 spiro atoms. The minimum atomic E-state index is -0.767. The summed E-state index contributed by atoms with van der Waals surface area (Å²) < 4.78 is 19.6. The van der Waals surface area contributed by atoms with Gasteiger partial charge >= 0.3 is 5.97 Å². The van der Waals surface area contributed by atoms with Crippen molar-refractivity contribution in [1.82, 2.24) is 4.57 Å². The highest BCUT2D eigenvalue weighted by atomic mass is 35.5. The summed E-state index contributed by atoms with van der Waals surface area (Å²) >= 11 is 8.08. The number of esters is 1. The number of rotatable bonds is 10. The summed E-state index contributed by atoms with van der Waals surface area (Å²) in [6.45, 7) is 6.49. The summed E-state index contributed by atoms with van der Waals surface area (Å²) in [6.07, 6.45) is 1.77.